The van der Waals surface area contributed by atoms with Crippen LogP contribution in [0.15, 0.2) is 53.3 Å². The maximum atomic E-state index is 13.1. The Balaban J connectivity index is 1.80. The highest BCUT2D eigenvalue weighted by molar-refractivity contribution is 5.93. The normalized spacial score (nSPS) is 11.3. The van der Waals surface area contributed by atoms with E-state index < -0.39 is 0 Å². The summed E-state index contributed by atoms with van der Waals surface area (Å²) in [6.07, 6.45) is 0. The quantitative estimate of drug-likeness (QED) is 0.565. The van der Waals surface area contributed by atoms with Crippen molar-refractivity contribution in [3.63, 3.8) is 0 Å². The Labute approximate surface area is 166 Å². The number of nitrogens with zero attached hydrogens (tertiary/aromatic N) is 4. The third-order valence-corrected chi connectivity index (χ3v) is 4.74. The van der Waals surface area contributed by atoms with Crippen molar-refractivity contribution in [1.29, 1.82) is 0 Å². The molecule has 148 valence electrons. The zero-order chi connectivity index (χ0) is 20.5. The van der Waals surface area contributed by atoms with Gasteiger partial charge in [-0.2, -0.15) is 0 Å². The van der Waals surface area contributed by atoms with Gasteiger partial charge in [0.1, 0.15) is 18.1 Å². The van der Waals surface area contributed by atoms with E-state index in [-0.39, 0.29) is 29.6 Å². The van der Waals surface area contributed by atoms with Crippen LogP contribution in [0.5, 0.6) is 5.75 Å². The predicted octanol–water partition coefficient (Wildman–Crippen LogP) is 2.81. The fourth-order valence-corrected chi connectivity index (χ4v) is 3.40. The van der Waals surface area contributed by atoms with Crippen LogP contribution in [0, 0.1) is 0 Å². The Hall–Kier alpha value is -3.68. The molecule has 4 rings (SSSR count). The van der Waals surface area contributed by atoms with Gasteiger partial charge in [0.05, 0.1) is 23.8 Å². The molecule has 29 heavy (non-hydrogen) atoms. The summed E-state index contributed by atoms with van der Waals surface area (Å²) in [5.74, 6) is 1.01. The molecule has 0 fully saturated rings. The number of nitrogens with one attached hydrogen (secondary N) is 1. The minimum Gasteiger partial charge on any atom is -0.495 e. The molecule has 8 nitrogen and oxygen atoms in total. The molecular weight excluding hydrogens is 370 g/mol. The van der Waals surface area contributed by atoms with Crippen molar-refractivity contribution in [1.82, 2.24) is 19.2 Å². The van der Waals surface area contributed by atoms with Crippen LogP contribution >= 0.6 is 0 Å². The van der Waals surface area contributed by atoms with Gasteiger partial charge in [-0.3, -0.25) is 18.6 Å². The number of methoxy groups -OCH3 is 1. The molecule has 0 aliphatic carbocycles. The van der Waals surface area contributed by atoms with Crippen LogP contribution in [-0.2, 0) is 11.3 Å². The Bertz CT molecular complexity index is 1270. The summed E-state index contributed by atoms with van der Waals surface area (Å²) in [7, 11) is 1.54. The van der Waals surface area contributed by atoms with E-state index in [0.717, 1.165) is 5.52 Å². The second kappa shape index (κ2) is 7.38. The van der Waals surface area contributed by atoms with E-state index in [9.17, 15) is 9.59 Å². The zero-order valence-corrected chi connectivity index (χ0v) is 16.4. The molecule has 2 aromatic heterocycles. The lowest BCUT2D eigenvalue weighted by Crippen LogP contribution is -2.29. The molecule has 0 spiro atoms. The number of carbonyl (C=O) groups is 1. The number of ether oxygens (including phenoxy) is 1. The summed E-state index contributed by atoms with van der Waals surface area (Å²) in [6.45, 7) is 3.84. The summed E-state index contributed by atoms with van der Waals surface area (Å²) < 4.78 is 8.47. The topological polar surface area (TPSA) is 90.5 Å². The number of benzene rings is 2. The first-order chi connectivity index (χ1) is 14.0. The van der Waals surface area contributed by atoms with Gasteiger partial charge in [0.2, 0.25) is 11.6 Å². The van der Waals surface area contributed by atoms with Crippen molar-refractivity contribution in [3.05, 3.63) is 64.7 Å². The number of anilines is 1. The Morgan fingerprint density at radius 2 is 1.76 bits per heavy atom. The molecule has 0 unspecified atom stereocenters. The number of carbonyl (C=O) groups excluding carboxylic acids is 1. The summed E-state index contributed by atoms with van der Waals surface area (Å²) in [6, 6.07) is 14.5. The van der Waals surface area contributed by atoms with Crippen LogP contribution in [-0.4, -0.2) is 32.2 Å². The van der Waals surface area contributed by atoms with Crippen molar-refractivity contribution in [3.8, 4) is 5.75 Å². The van der Waals surface area contributed by atoms with Crippen LogP contribution in [0.25, 0.3) is 16.7 Å². The Kier molecular flexibility index (Phi) is 4.75. The standard InChI is InChI=1S/C21H21N5O3/c1-13(2)19-23-24-20-21(28)25(15-9-5-6-10-16(15)26(19)20)12-18(27)22-14-8-4-7-11-17(14)29-3/h4-11,13H,12H2,1-3H3,(H,22,27). The van der Waals surface area contributed by atoms with E-state index in [0.29, 0.717) is 22.8 Å². The highest BCUT2D eigenvalue weighted by Gasteiger charge is 2.19. The van der Waals surface area contributed by atoms with Crippen LogP contribution in [0.2, 0.25) is 0 Å². The van der Waals surface area contributed by atoms with Crippen LogP contribution in [0.4, 0.5) is 5.69 Å². The summed E-state index contributed by atoms with van der Waals surface area (Å²) in [5, 5.41) is 11.1. The predicted molar refractivity (Wildman–Crippen MR) is 110 cm³/mol. The average Bonchev–Trinajstić information content (AvgIpc) is 3.17. The minimum atomic E-state index is -0.363. The van der Waals surface area contributed by atoms with E-state index in [1.54, 1.807) is 22.6 Å². The summed E-state index contributed by atoms with van der Waals surface area (Å²) in [4.78, 5) is 25.9. The first kappa shape index (κ1) is 18.7. The largest absolute Gasteiger partial charge is 0.495 e. The van der Waals surface area contributed by atoms with Gasteiger partial charge in [-0.25, -0.2) is 0 Å². The molecule has 0 saturated carbocycles. The number of hydrogen-bond acceptors (Lipinski definition) is 5. The number of rotatable bonds is 5. The smallest absolute Gasteiger partial charge is 0.297 e. The first-order valence-corrected chi connectivity index (χ1v) is 9.30. The van der Waals surface area contributed by atoms with E-state index in [1.165, 1.54) is 11.7 Å². The molecule has 4 aromatic rings. The molecular formula is C21H21N5O3. The van der Waals surface area contributed by atoms with Crippen molar-refractivity contribution >= 4 is 28.3 Å². The summed E-state index contributed by atoms with van der Waals surface area (Å²) >= 11 is 0. The molecule has 0 aliphatic rings. The van der Waals surface area contributed by atoms with Gasteiger partial charge < -0.3 is 10.1 Å². The van der Waals surface area contributed by atoms with Gasteiger partial charge in [0.15, 0.2) is 0 Å². The molecule has 0 atom stereocenters. The average molecular weight is 391 g/mol. The van der Waals surface area contributed by atoms with Gasteiger partial charge in [-0.05, 0) is 24.3 Å². The van der Waals surface area contributed by atoms with Crippen molar-refractivity contribution < 1.29 is 9.53 Å². The van der Waals surface area contributed by atoms with Gasteiger partial charge in [0, 0.05) is 5.92 Å². The molecule has 8 heteroatoms. The highest BCUT2D eigenvalue weighted by Crippen LogP contribution is 2.23. The number of aromatic nitrogens is 4. The molecule has 0 radical (unpaired) electrons. The van der Waals surface area contributed by atoms with E-state index in [4.69, 9.17) is 4.74 Å². The van der Waals surface area contributed by atoms with E-state index >= 15 is 0 Å². The van der Waals surface area contributed by atoms with Crippen molar-refractivity contribution in [2.24, 2.45) is 0 Å². The zero-order valence-electron chi connectivity index (χ0n) is 16.4. The molecule has 1 N–H and O–H groups in total. The van der Waals surface area contributed by atoms with Gasteiger partial charge >= 0.3 is 0 Å². The lowest BCUT2D eigenvalue weighted by atomic mass is 10.2. The third kappa shape index (κ3) is 3.22. The highest BCUT2D eigenvalue weighted by atomic mass is 16.5. The van der Waals surface area contributed by atoms with Crippen LogP contribution < -0.4 is 15.6 Å². The maximum Gasteiger partial charge on any atom is 0.297 e. The van der Waals surface area contributed by atoms with Crippen LogP contribution in [0.1, 0.15) is 25.6 Å². The lowest BCUT2D eigenvalue weighted by Gasteiger charge is -2.14. The second-order valence-corrected chi connectivity index (χ2v) is 7.00. The van der Waals surface area contributed by atoms with Crippen molar-refractivity contribution in [2.75, 3.05) is 12.4 Å². The SMILES string of the molecule is COc1ccccc1NC(=O)Cn1c(=O)c2nnc(C(C)C)n2c2ccccc21. The number of fused-ring (bicyclic) bond motifs is 3. The number of amides is 1. The fourth-order valence-electron chi connectivity index (χ4n) is 3.40. The van der Waals surface area contributed by atoms with Gasteiger partial charge in [-0.1, -0.05) is 38.1 Å². The molecule has 2 aromatic carbocycles. The minimum absolute atomic E-state index is 0.0949. The van der Waals surface area contributed by atoms with Crippen molar-refractivity contribution in [2.45, 2.75) is 26.3 Å². The number of hydrogen-bond donors (Lipinski definition) is 1. The maximum absolute atomic E-state index is 13.1. The van der Waals surface area contributed by atoms with Gasteiger partial charge in [0.25, 0.3) is 5.56 Å². The Morgan fingerprint density at radius 3 is 2.48 bits per heavy atom. The first-order valence-electron chi connectivity index (χ1n) is 9.30. The molecule has 0 aliphatic heterocycles. The van der Waals surface area contributed by atoms with Crippen LogP contribution in [0.3, 0.4) is 0 Å². The fraction of sp³-hybridized carbons (Fsp3) is 0.238. The second-order valence-electron chi connectivity index (χ2n) is 7.00. The Morgan fingerprint density at radius 1 is 1.07 bits per heavy atom. The third-order valence-electron chi connectivity index (χ3n) is 4.74. The van der Waals surface area contributed by atoms with Gasteiger partial charge in [-0.15, -0.1) is 10.2 Å². The lowest BCUT2D eigenvalue weighted by molar-refractivity contribution is -0.116. The van der Waals surface area contributed by atoms with E-state index in [2.05, 4.69) is 15.5 Å². The molecule has 0 bridgehead atoms. The molecule has 2 heterocycles. The van der Waals surface area contributed by atoms with E-state index in [1.807, 2.05) is 44.2 Å². The number of para-hydroxylation sites is 4. The summed E-state index contributed by atoms with van der Waals surface area (Å²) in [5.41, 5.74) is 1.81. The molecule has 0 saturated heterocycles. The monoisotopic (exact) mass is 391 g/mol. The molecule has 1 amide bonds.